The van der Waals surface area contributed by atoms with E-state index >= 15 is 0 Å². The monoisotopic (exact) mass is 296 g/mol. The number of aryl methyl sites for hydroxylation is 2. The van der Waals surface area contributed by atoms with E-state index in [0.29, 0.717) is 0 Å². The van der Waals surface area contributed by atoms with Gasteiger partial charge in [0.05, 0.1) is 17.5 Å². The third kappa shape index (κ3) is 2.79. The molecule has 1 N–H and O–H groups in total. The Morgan fingerprint density at radius 2 is 1.89 bits per heavy atom. The van der Waals surface area contributed by atoms with Gasteiger partial charge in [-0.1, -0.05) is 17.8 Å². The number of nitrogens with zero attached hydrogens (tertiary/aromatic N) is 1. The predicted molar refractivity (Wildman–Crippen MR) is 80.8 cm³/mol. The van der Waals surface area contributed by atoms with Gasteiger partial charge in [-0.25, -0.2) is 8.42 Å². The van der Waals surface area contributed by atoms with E-state index in [9.17, 15) is 8.42 Å². The molecular weight excluding hydrogens is 280 g/mol. The molecule has 2 aliphatic rings. The summed E-state index contributed by atoms with van der Waals surface area (Å²) in [6.07, 6.45) is 0. The third-order valence-electron chi connectivity index (χ3n) is 3.29. The molecule has 1 fully saturated rings. The maximum atomic E-state index is 11.5. The number of thioether (sulfide) groups is 1. The minimum absolute atomic E-state index is 0.0663. The number of fused-ring (bicyclic) bond motifs is 1. The number of rotatable bonds is 1. The van der Waals surface area contributed by atoms with Gasteiger partial charge in [0.15, 0.2) is 15.0 Å². The highest BCUT2D eigenvalue weighted by molar-refractivity contribution is 8.15. The van der Waals surface area contributed by atoms with Crippen molar-refractivity contribution in [1.82, 2.24) is 0 Å². The van der Waals surface area contributed by atoms with Crippen LogP contribution in [0.4, 0.5) is 5.69 Å². The van der Waals surface area contributed by atoms with E-state index in [1.807, 2.05) is 0 Å². The van der Waals surface area contributed by atoms with Gasteiger partial charge in [0.25, 0.3) is 0 Å². The zero-order chi connectivity index (χ0) is 13.6. The number of anilines is 1. The minimum atomic E-state index is -2.87. The van der Waals surface area contributed by atoms with Gasteiger partial charge in [0.2, 0.25) is 0 Å². The van der Waals surface area contributed by atoms with E-state index < -0.39 is 9.84 Å². The molecule has 2 atom stereocenters. The molecule has 102 valence electrons. The van der Waals surface area contributed by atoms with Crippen molar-refractivity contribution in [2.24, 2.45) is 4.99 Å². The number of sulfone groups is 1. The molecule has 0 saturated carbocycles. The highest BCUT2D eigenvalue weighted by Gasteiger charge is 2.42. The molecule has 0 bridgehead atoms. The summed E-state index contributed by atoms with van der Waals surface area (Å²) in [5.41, 5.74) is 3.43. The van der Waals surface area contributed by atoms with Gasteiger partial charge in [-0.05, 0) is 37.1 Å². The molecule has 19 heavy (non-hydrogen) atoms. The second kappa shape index (κ2) is 4.52. The van der Waals surface area contributed by atoms with Crippen molar-refractivity contribution in [2.45, 2.75) is 25.1 Å². The Morgan fingerprint density at radius 3 is 2.53 bits per heavy atom. The standard InChI is InChI=1S/C13H16N2O2S2/c1-8-3-9(2)5-10(4-8)14-13-15-11-6-19(16,17)7-12(11)18-13/h3-5,11-12H,6-7H2,1-2H3,(H,14,15)/t11-,12-/m1/s1. The molecule has 1 aromatic carbocycles. The average molecular weight is 296 g/mol. The van der Waals surface area contributed by atoms with Crippen LogP contribution in [0.15, 0.2) is 23.2 Å². The summed E-state index contributed by atoms with van der Waals surface area (Å²) < 4.78 is 23.0. The zero-order valence-corrected chi connectivity index (χ0v) is 12.5. The SMILES string of the molecule is Cc1cc(C)cc(NC2=N[C@@H]3CS(=O)(=O)C[C@H]3S2)c1. The Bertz CT molecular complexity index is 632. The summed E-state index contributed by atoms with van der Waals surface area (Å²) in [5.74, 6) is 0.451. The number of amidine groups is 1. The average Bonchev–Trinajstić information content (AvgIpc) is 2.68. The van der Waals surface area contributed by atoms with Gasteiger partial charge in [-0.3, -0.25) is 4.99 Å². The molecule has 2 heterocycles. The van der Waals surface area contributed by atoms with Crippen LogP contribution in [0.3, 0.4) is 0 Å². The van der Waals surface area contributed by atoms with Crippen molar-refractivity contribution in [2.75, 3.05) is 16.8 Å². The van der Waals surface area contributed by atoms with Crippen LogP contribution < -0.4 is 5.32 Å². The van der Waals surface area contributed by atoms with Gasteiger partial charge in [-0.2, -0.15) is 0 Å². The summed E-state index contributed by atoms with van der Waals surface area (Å²) in [7, 11) is -2.87. The molecular formula is C13H16N2O2S2. The van der Waals surface area contributed by atoms with Crippen LogP contribution in [0.2, 0.25) is 0 Å². The molecule has 3 rings (SSSR count). The molecule has 0 radical (unpaired) electrons. The molecule has 4 nitrogen and oxygen atoms in total. The first-order chi connectivity index (χ1) is 8.91. The molecule has 0 spiro atoms. The van der Waals surface area contributed by atoms with Crippen LogP contribution in [0, 0.1) is 13.8 Å². The summed E-state index contributed by atoms with van der Waals surface area (Å²) in [6.45, 7) is 4.12. The molecule has 6 heteroatoms. The topological polar surface area (TPSA) is 58.5 Å². The van der Waals surface area contributed by atoms with E-state index in [4.69, 9.17) is 0 Å². The number of hydrogen-bond donors (Lipinski definition) is 1. The van der Waals surface area contributed by atoms with Gasteiger partial charge < -0.3 is 5.32 Å². The van der Waals surface area contributed by atoms with Crippen LogP contribution in [-0.4, -0.2) is 36.4 Å². The first kappa shape index (κ1) is 13.0. The van der Waals surface area contributed by atoms with Gasteiger partial charge in [0.1, 0.15) is 0 Å². The van der Waals surface area contributed by atoms with E-state index in [-0.39, 0.29) is 22.8 Å². The first-order valence-corrected chi connectivity index (χ1v) is 8.92. The Kier molecular flexibility index (Phi) is 3.09. The smallest absolute Gasteiger partial charge is 0.161 e. The van der Waals surface area contributed by atoms with Crippen LogP contribution in [0.5, 0.6) is 0 Å². The molecule has 1 aromatic rings. The number of nitrogens with one attached hydrogen (secondary N) is 1. The van der Waals surface area contributed by atoms with Gasteiger partial charge in [0, 0.05) is 10.9 Å². The number of aliphatic imine (C=N–C) groups is 1. The summed E-state index contributed by atoms with van der Waals surface area (Å²) in [4.78, 5) is 4.49. The van der Waals surface area contributed by atoms with Crippen molar-refractivity contribution >= 4 is 32.5 Å². The van der Waals surface area contributed by atoms with Crippen molar-refractivity contribution < 1.29 is 8.42 Å². The number of hydrogen-bond acceptors (Lipinski definition) is 5. The highest BCUT2D eigenvalue weighted by Crippen LogP contribution is 2.34. The highest BCUT2D eigenvalue weighted by atomic mass is 32.2. The maximum absolute atomic E-state index is 11.5. The summed E-state index contributed by atoms with van der Waals surface area (Å²) >= 11 is 1.55. The molecule has 0 unspecified atom stereocenters. The third-order valence-corrected chi connectivity index (χ3v) is 6.43. The van der Waals surface area contributed by atoms with Crippen molar-refractivity contribution in [3.63, 3.8) is 0 Å². The lowest BCUT2D eigenvalue weighted by atomic mass is 10.1. The molecule has 0 aromatic heterocycles. The molecule has 0 amide bonds. The maximum Gasteiger partial charge on any atom is 0.161 e. The van der Waals surface area contributed by atoms with Crippen LogP contribution in [-0.2, 0) is 9.84 Å². The minimum Gasteiger partial charge on any atom is -0.335 e. The predicted octanol–water partition coefficient (Wildman–Crippen LogP) is 1.98. The van der Waals surface area contributed by atoms with E-state index in [1.54, 1.807) is 11.8 Å². The lowest BCUT2D eigenvalue weighted by Gasteiger charge is -2.08. The lowest BCUT2D eigenvalue weighted by Crippen LogP contribution is -2.13. The summed E-state index contributed by atoms with van der Waals surface area (Å²) in [5, 5.41) is 4.23. The quantitative estimate of drug-likeness (QED) is 0.861. The normalized spacial score (nSPS) is 28.0. The largest absolute Gasteiger partial charge is 0.335 e. The fourth-order valence-electron chi connectivity index (χ4n) is 2.59. The Hall–Kier alpha value is -1.01. The van der Waals surface area contributed by atoms with Crippen LogP contribution in [0.1, 0.15) is 11.1 Å². The molecule has 2 aliphatic heterocycles. The Balaban J connectivity index is 1.76. The Morgan fingerprint density at radius 1 is 1.21 bits per heavy atom. The second-order valence-corrected chi connectivity index (χ2v) is 8.62. The van der Waals surface area contributed by atoms with E-state index in [2.05, 4.69) is 42.4 Å². The second-order valence-electron chi connectivity index (χ2n) is 5.24. The number of benzene rings is 1. The van der Waals surface area contributed by atoms with Crippen LogP contribution in [0.25, 0.3) is 0 Å². The van der Waals surface area contributed by atoms with E-state index in [0.717, 1.165) is 10.9 Å². The fourth-order valence-corrected chi connectivity index (χ4v) is 6.26. The molecule has 0 aliphatic carbocycles. The van der Waals surface area contributed by atoms with Gasteiger partial charge >= 0.3 is 0 Å². The summed E-state index contributed by atoms with van der Waals surface area (Å²) in [6, 6.07) is 6.20. The van der Waals surface area contributed by atoms with Crippen molar-refractivity contribution in [3.8, 4) is 0 Å². The van der Waals surface area contributed by atoms with Crippen molar-refractivity contribution in [3.05, 3.63) is 29.3 Å². The fraction of sp³-hybridized carbons (Fsp3) is 0.462. The van der Waals surface area contributed by atoms with E-state index in [1.165, 1.54) is 11.1 Å². The zero-order valence-electron chi connectivity index (χ0n) is 10.9. The Labute approximate surface area is 117 Å². The lowest BCUT2D eigenvalue weighted by molar-refractivity contribution is 0.601. The van der Waals surface area contributed by atoms with Gasteiger partial charge in [-0.15, -0.1) is 0 Å². The molecule has 1 saturated heterocycles. The first-order valence-electron chi connectivity index (χ1n) is 6.21. The van der Waals surface area contributed by atoms with Crippen molar-refractivity contribution in [1.29, 1.82) is 0 Å². The van der Waals surface area contributed by atoms with Crippen LogP contribution >= 0.6 is 11.8 Å².